The molecule has 0 aliphatic rings. The molecule has 0 heterocycles. The van der Waals surface area contributed by atoms with Crippen LogP contribution in [0.2, 0.25) is 0 Å². The average Bonchev–Trinajstić information content (AvgIpc) is 2.34. The molecule has 0 bridgehead atoms. The molecule has 1 N–H and O–H groups in total. The number of benzene rings is 1. The van der Waals surface area contributed by atoms with Gasteiger partial charge in [0.05, 0.1) is 11.2 Å². The van der Waals surface area contributed by atoms with Crippen LogP contribution in [0, 0.1) is 0 Å². The molecule has 1 unspecified atom stereocenters. The first-order valence-electron chi connectivity index (χ1n) is 5.74. The smallest absolute Gasteiger partial charge is 0.0522 e. The molecule has 0 spiro atoms. The van der Waals surface area contributed by atoms with Gasteiger partial charge in [0.1, 0.15) is 0 Å². The molecule has 0 amide bonds. The SMILES string of the molecule is CCSC(CCc1ccccc1)SCCO. The Morgan fingerprint density at radius 2 is 1.94 bits per heavy atom. The van der Waals surface area contributed by atoms with Crippen LogP contribution in [0.4, 0.5) is 0 Å². The van der Waals surface area contributed by atoms with E-state index >= 15 is 0 Å². The highest BCUT2D eigenvalue weighted by atomic mass is 32.2. The third-order valence-electron chi connectivity index (χ3n) is 2.26. The molecule has 0 aromatic heterocycles. The Morgan fingerprint density at radius 1 is 1.19 bits per heavy atom. The van der Waals surface area contributed by atoms with Crippen molar-refractivity contribution in [2.45, 2.75) is 24.3 Å². The van der Waals surface area contributed by atoms with Crippen LogP contribution >= 0.6 is 23.5 Å². The number of thioether (sulfide) groups is 2. The molecule has 0 saturated carbocycles. The van der Waals surface area contributed by atoms with E-state index in [9.17, 15) is 0 Å². The number of aryl methyl sites for hydroxylation is 1. The maximum atomic E-state index is 8.84. The molecule has 1 atom stereocenters. The lowest BCUT2D eigenvalue weighted by molar-refractivity contribution is 0.322. The maximum Gasteiger partial charge on any atom is 0.0522 e. The topological polar surface area (TPSA) is 20.2 Å². The summed E-state index contributed by atoms with van der Waals surface area (Å²) in [7, 11) is 0. The molecule has 1 aromatic rings. The van der Waals surface area contributed by atoms with E-state index in [0.29, 0.717) is 4.58 Å². The first-order valence-corrected chi connectivity index (χ1v) is 7.84. The predicted molar refractivity (Wildman–Crippen MR) is 76.2 cm³/mol. The van der Waals surface area contributed by atoms with E-state index in [1.807, 2.05) is 23.5 Å². The lowest BCUT2D eigenvalue weighted by Gasteiger charge is -2.14. The molecule has 0 aliphatic heterocycles. The molecule has 0 aliphatic carbocycles. The molecule has 1 nitrogen and oxygen atoms in total. The van der Waals surface area contributed by atoms with E-state index in [-0.39, 0.29) is 6.61 Å². The second-order valence-corrected chi connectivity index (χ2v) is 6.59. The van der Waals surface area contributed by atoms with E-state index in [1.165, 1.54) is 12.0 Å². The van der Waals surface area contributed by atoms with Gasteiger partial charge in [-0.3, -0.25) is 0 Å². The molecular formula is C13H20OS2. The highest BCUT2D eigenvalue weighted by Crippen LogP contribution is 2.27. The van der Waals surface area contributed by atoms with Crippen molar-refractivity contribution >= 4 is 23.5 Å². The number of aliphatic hydroxyl groups excluding tert-OH is 1. The average molecular weight is 256 g/mol. The van der Waals surface area contributed by atoms with E-state index in [4.69, 9.17) is 5.11 Å². The van der Waals surface area contributed by atoms with Gasteiger partial charge >= 0.3 is 0 Å². The fourth-order valence-corrected chi connectivity index (χ4v) is 3.90. The summed E-state index contributed by atoms with van der Waals surface area (Å²) in [5, 5.41) is 8.84. The van der Waals surface area contributed by atoms with Crippen molar-refractivity contribution in [1.29, 1.82) is 0 Å². The second kappa shape index (κ2) is 8.97. The Hall–Kier alpha value is -0.120. The standard InChI is InChI=1S/C13H20OS2/c1-2-15-13(16-11-10-14)9-8-12-6-4-3-5-7-12/h3-7,13-14H,2,8-11H2,1H3. The Morgan fingerprint density at radius 3 is 2.56 bits per heavy atom. The monoisotopic (exact) mass is 256 g/mol. The van der Waals surface area contributed by atoms with Gasteiger partial charge in [0, 0.05) is 5.75 Å². The molecule has 0 radical (unpaired) electrons. The normalized spacial score (nSPS) is 12.6. The highest BCUT2D eigenvalue weighted by Gasteiger charge is 2.08. The molecular weight excluding hydrogens is 236 g/mol. The van der Waals surface area contributed by atoms with Crippen molar-refractivity contribution in [1.82, 2.24) is 0 Å². The summed E-state index contributed by atoms with van der Waals surface area (Å²) < 4.78 is 0.623. The van der Waals surface area contributed by atoms with Crippen LogP contribution in [0.25, 0.3) is 0 Å². The van der Waals surface area contributed by atoms with Crippen molar-refractivity contribution in [3.63, 3.8) is 0 Å². The third kappa shape index (κ3) is 5.83. The summed E-state index contributed by atoms with van der Waals surface area (Å²) in [5.74, 6) is 2.00. The van der Waals surface area contributed by atoms with Crippen molar-refractivity contribution < 1.29 is 5.11 Å². The number of hydrogen-bond donors (Lipinski definition) is 1. The zero-order valence-electron chi connectivity index (χ0n) is 9.76. The second-order valence-electron chi connectivity index (χ2n) is 3.50. The first kappa shape index (κ1) is 13.9. The van der Waals surface area contributed by atoms with Gasteiger partial charge < -0.3 is 5.11 Å². The molecule has 16 heavy (non-hydrogen) atoms. The minimum Gasteiger partial charge on any atom is -0.396 e. The van der Waals surface area contributed by atoms with E-state index in [2.05, 4.69) is 37.3 Å². The summed E-state index contributed by atoms with van der Waals surface area (Å²) >= 11 is 3.87. The Labute approximate surface area is 107 Å². The van der Waals surface area contributed by atoms with Crippen molar-refractivity contribution in [2.24, 2.45) is 0 Å². The van der Waals surface area contributed by atoms with Gasteiger partial charge in [-0.15, -0.1) is 23.5 Å². The van der Waals surface area contributed by atoms with Crippen LogP contribution in [-0.2, 0) is 6.42 Å². The van der Waals surface area contributed by atoms with Crippen molar-refractivity contribution in [2.75, 3.05) is 18.1 Å². The predicted octanol–water partition coefficient (Wildman–Crippen LogP) is 3.42. The zero-order chi connectivity index (χ0) is 11.6. The minimum atomic E-state index is 0.288. The third-order valence-corrected chi connectivity index (χ3v) is 5.04. The molecule has 90 valence electrons. The largest absolute Gasteiger partial charge is 0.396 e. The van der Waals surface area contributed by atoms with Crippen LogP contribution in [-0.4, -0.2) is 27.8 Å². The Bertz CT molecular complexity index is 264. The van der Waals surface area contributed by atoms with Gasteiger partial charge in [0.25, 0.3) is 0 Å². The maximum absolute atomic E-state index is 8.84. The summed E-state index contributed by atoms with van der Waals surface area (Å²) in [6.45, 7) is 2.48. The Balaban J connectivity index is 2.31. The summed E-state index contributed by atoms with van der Waals surface area (Å²) in [4.78, 5) is 0. The van der Waals surface area contributed by atoms with Gasteiger partial charge in [0.2, 0.25) is 0 Å². The molecule has 1 aromatic carbocycles. The van der Waals surface area contributed by atoms with Gasteiger partial charge in [-0.05, 0) is 24.2 Å². The van der Waals surface area contributed by atoms with Crippen LogP contribution in [0.5, 0.6) is 0 Å². The van der Waals surface area contributed by atoms with Crippen molar-refractivity contribution in [3.8, 4) is 0 Å². The number of aliphatic hydroxyl groups is 1. The number of hydrogen-bond acceptors (Lipinski definition) is 3. The van der Waals surface area contributed by atoms with Gasteiger partial charge in [0.15, 0.2) is 0 Å². The quantitative estimate of drug-likeness (QED) is 0.720. The molecule has 0 saturated heterocycles. The van der Waals surface area contributed by atoms with Crippen LogP contribution in [0.15, 0.2) is 30.3 Å². The van der Waals surface area contributed by atoms with Gasteiger partial charge in [-0.1, -0.05) is 37.3 Å². The molecule has 3 heteroatoms. The minimum absolute atomic E-state index is 0.288. The summed E-state index contributed by atoms with van der Waals surface area (Å²) in [5.41, 5.74) is 1.41. The van der Waals surface area contributed by atoms with E-state index < -0.39 is 0 Å². The van der Waals surface area contributed by atoms with Crippen LogP contribution < -0.4 is 0 Å². The highest BCUT2D eigenvalue weighted by molar-refractivity contribution is 8.17. The number of rotatable bonds is 8. The zero-order valence-corrected chi connectivity index (χ0v) is 11.4. The van der Waals surface area contributed by atoms with Crippen LogP contribution in [0.3, 0.4) is 0 Å². The first-order chi connectivity index (χ1) is 7.86. The lowest BCUT2D eigenvalue weighted by Crippen LogP contribution is -2.03. The summed E-state index contributed by atoms with van der Waals surface area (Å²) in [6.07, 6.45) is 2.32. The molecule has 0 fully saturated rings. The van der Waals surface area contributed by atoms with Crippen LogP contribution in [0.1, 0.15) is 18.9 Å². The van der Waals surface area contributed by atoms with E-state index in [1.54, 1.807) is 0 Å². The van der Waals surface area contributed by atoms with E-state index in [0.717, 1.165) is 17.9 Å². The fourth-order valence-electron chi connectivity index (χ4n) is 1.51. The van der Waals surface area contributed by atoms with Gasteiger partial charge in [-0.2, -0.15) is 0 Å². The molecule has 1 rings (SSSR count). The fraction of sp³-hybridized carbons (Fsp3) is 0.538. The summed E-state index contributed by atoms with van der Waals surface area (Å²) in [6, 6.07) is 10.6. The van der Waals surface area contributed by atoms with Crippen molar-refractivity contribution in [3.05, 3.63) is 35.9 Å². The van der Waals surface area contributed by atoms with Gasteiger partial charge in [-0.25, -0.2) is 0 Å². The Kier molecular flexibility index (Phi) is 7.81. The lowest BCUT2D eigenvalue weighted by atomic mass is 10.1.